The predicted octanol–water partition coefficient (Wildman–Crippen LogP) is 4.11. The zero-order valence-electron chi connectivity index (χ0n) is 17.8. The van der Waals surface area contributed by atoms with E-state index >= 15 is 0 Å². The van der Waals surface area contributed by atoms with Crippen LogP contribution in [0.2, 0.25) is 0 Å². The third kappa shape index (κ3) is 4.04. The molecule has 0 bridgehead atoms. The molecule has 1 spiro atoms. The van der Waals surface area contributed by atoms with Crippen molar-refractivity contribution in [3.8, 4) is 5.75 Å². The fraction of sp³-hybridized carbons (Fsp3) is 0.565. The molecule has 1 aliphatic heterocycles. The van der Waals surface area contributed by atoms with Crippen LogP contribution in [0.4, 0.5) is 19.0 Å². The third-order valence-electron chi connectivity index (χ3n) is 6.85. The second kappa shape index (κ2) is 7.71. The quantitative estimate of drug-likeness (QED) is 0.625. The van der Waals surface area contributed by atoms with Gasteiger partial charge < -0.3 is 15.8 Å². The van der Waals surface area contributed by atoms with Crippen molar-refractivity contribution < 1.29 is 22.7 Å². The Morgan fingerprint density at radius 3 is 2.88 bits per heavy atom. The lowest BCUT2D eigenvalue weighted by molar-refractivity contribution is -0.136. The Labute approximate surface area is 184 Å². The SMILES string of the molecule is Nc1c2c(nn1CCC1CC1)C[C@]1(CCc3cc(OCCCC(F)(F)F)ccc31)NC2=O. The molecular weight excluding hydrogens is 421 g/mol. The van der Waals surface area contributed by atoms with E-state index in [-0.39, 0.29) is 18.9 Å². The largest absolute Gasteiger partial charge is 0.494 e. The van der Waals surface area contributed by atoms with E-state index in [9.17, 15) is 18.0 Å². The number of anilines is 1. The third-order valence-corrected chi connectivity index (χ3v) is 6.85. The molecule has 2 aliphatic carbocycles. The number of hydrogen-bond donors (Lipinski definition) is 2. The summed E-state index contributed by atoms with van der Waals surface area (Å²) in [6.45, 7) is 0.747. The zero-order valence-corrected chi connectivity index (χ0v) is 17.8. The molecular formula is C23H27F3N4O2. The molecule has 172 valence electrons. The van der Waals surface area contributed by atoms with Crippen molar-refractivity contribution in [1.29, 1.82) is 0 Å². The van der Waals surface area contributed by atoms with Crippen molar-refractivity contribution in [2.24, 2.45) is 5.92 Å². The lowest BCUT2D eigenvalue weighted by atomic mass is 9.83. The maximum atomic E-state index is 13.0. The second-order valence-electron chi connectivity index (χ2n) is 9.26. The fourth-order valence-corrected chi connectivity index (χ4v) is 4.98. The van der Waals surface area contributed by atoms with Gasteiger partial charge in [-0.15, -0.1) is 0 Å². The number of nitrogens with one attached hydrogen (secondary N) is 1. The Bertz CT molecular complexity index is 1040. The van der Waals surface area contributed by atoms with Gasteiger partial charge in [-0.1, -0.05) is 18.9 Å². The van der Waals surface area contributed by atoms with E-state index in [4.69, 9.17) is 15.6 Å². The number of nitrogens with zero attached hydrogens (tertiary/aromatic N) is 2. The Morgan fingerprint density at radius 2 is 2.12 bits per heavy atom. The highest BCUT2D eigenvalue weighted by Crippen LogP contribution is 2.44. The summed E-state index contributed by atoms with van der Waals surface area (Å²) >= 11 is 0. The molecule has 0 saturated heterocycles. The molecule has 32 heavy (non-hydrogen) atoms. The van der Waals surface area contributed by atoms with Crippen LogP contribution in [-0.4, -0.2) is 28.5 Å². The molecule has 3 N–H and O–H groups in total. The summed E-state index contributed by atoms with van der Waals surface area (Å²) < 4.78 is 44.2. The summed E-state index contributed by atoms with van der Waals surface area (Å²) in [7, 11) is 0. The number of rotatable bonds is 7. The second-order valence-corrected chi connectivity index (χ2v) is 9.26. The first kappa shape index (κ1) is 21.2. The van der Waals surface area contributed by atoms with Crippen molar-refractivity contribution in [2.75, 3.05) is 12.3 Å². The number of nitrogens with two attached hydrogens (primary N) is 1. The van der Waals surface area contributed by atoms with Gasteiger partial charge in [-0.05, 0) is 54.9 Å². The number of benzene rings is 1. The molecule has 5 rings (SSSR count). The molecule has 1 aromatic carbocycles. The lowest BCUT2D eigenvalue weighted by Gasteiger charge is -2.34. The number of fused-ring (bicyclic) bond motifs is 3. The molecule has 1 fully saturated rings. The molecule has 3 aliphatic rings. The number of ether oxygens (including phenoxy) is 1. The monoisotopic (exact) mass is 448 g/mol. The van der Waals surface area contributed by atoms with E-state index < -0.39 is 18.1 Å². The summed E-state index contributed by atoms with van der Waals surface area (Å²) in [5, 5.41) is 7.88. The molecule has 9 heteroatoms. The van der Waals surface area contributed by atoms with Crippen LogP contribution in [0, 0.1) is 5.92 Å². The van der Waals surface area contributed by atoms with Gasteiger partial charge in [0.05, 0.1) is 17.8 Å². The van der Waals surface area contributed by atoms with Crippen LogP contribution < -0.4 is 15.8 Å². The molecule has 1 aromatic heterocycles. The van der Waals surface area contributed by atoms with Gasteiger partial charge in [-0.3, -0.25) is 4.79 Å². The Morgan fingerprint density at radius 1 is 1.31 bits per heavy atom. The first-order chi connectivity index (χ1) is 15.2. The highest BCUT2D eigenvalue weighted by atomic mass is 19.4. The van der Waals surface area contributed by atoms with E-state index in [1.54, 1.807) is 10.7 Å². The number of aromatic nitrogens is 2. The Hall–Kier alpha value is -2.71. The van der Waals surface area contributed by atoms with Crippen LogP contribution >= 0.6 is 0 Å². The number of carbonyl (C=O) groups is 1. The Kier molecular flexibility index (Phi) is 5.09. The maximum Gasteiger partial charge on any atom is 0.389 e. The van der Waals surface area contributed by atoms with Crippen LogP contribution in [0.5, 0.6) is 5.75 Å². The molecule has 0 radical (unpaired) electrons. The highest BCUT2D eigenvalue weighted by Gasteiger charge is 2.46. The van der Waals surface area contributed by atoms with Crippen LogP contribution in [0.15, 0.2) is 18.2 Å². The van der Waals surface area contributed by atoms with Crippen LogP contribution in [0.1, 0.15) is 65.7 Å². The number of alkyl halides is 3. The molecule has 6 nitrogen and oxygen atoms in total. The topological polar surface area (TPSA) is 82.2 Å². The average molecular weight is 448 g/mol. The van der Waals surface area contributed by atoms with Gasteiger partial charge in [0.2, 0.25) is 0 Å². The van der Waals surface area contributed by atoms with E-state index in [1.165, 1.54) is 12.8 Å². The zero-order chi connectivity index (χ0) is 22.5. The van der Waals surface area contributed by atoms with Gasteiger partial charge >= 0.3 is 6.18 Å². The Balaban J connectivity index is 1.31. The molecule has 2 aromatic rings. The summed E-state index contributed by atoms with van der Waals surface area (Å²) in [4.78, 5) is 13.0. The highest BCUT2D eigenvalue weighted by molar-refractivity contribution is 6.01. The van der Waals surface area contributed by atoms with Crippen molar-refractivity contribution in [1.82, 2.24) is 15.1 Å². The van der Waals surface area contributed by atoms with E-state index in [2.05, 4.69) is 5.32 Å². The minimum Gasteiger partial charge on any atom is -0.494 e. The van der Waals surface area contributed by atoms with Crippen molar-refractivity contribution in [2.45, 2.75) is 69.6 Å². The number of nitrogen functional groups attached to an aromatic ring is 1. The fourth-order valence-electron chi connectivity index (χ4n) is 4.98. The van der Waals surface area contributed by atoms with E-state index in [0.29, 0.717) is 23.6 Å². The molecule has 1 atom stereocenters. The number of hydrogen-bond acceptors (Lipinski definition) is 4. The molecule has 1 amide bonds. The van der Waals surface area contributed by atoms with E-state index in [0.717, 1.165) is 48.5 Å². The minimum atomic E-state index is -4.17. The summed E-state index contributed by atoms with van der Waals surface area (Å²) in [6.07, 6.45) is 0.521. The predicted molar refractivity (Wildman–Crippen MR) is 112 cm³/mol. The first-order valence-electron chi connectivity index (χ1n) is 11.2. The number of carbonyl (C=O) groups excluding carboxylic acids is 1. The number of aryl methyl sites for hydroxylation is 2. The van der Waals surface area contributed by atoms with Gasteiger partial charge in [-0.2, -0.15) is 18.3 Å². The first-order valence-corrected chi connectivity index (χ1v) is 11.2. The average Bonchev–Trinajstić information content (AvgIpc) is 3.43. The van der Waals surface area contributed by atoms with Gasteiger partial charge in [0.15, 0.2) is 0 Å². The van der Waals surface area contributed by atoms with Gasteiger partial charge in [-0.25, -0.2) is 4.68 Å². The van der Waals surface area contributed by atoms with E-state index in [1.807, 2.05) is 12.1 Å². The summed E-state index contributed by atoms with van der Waals surface area (Å²) in [6, 6.07) is 5.56. The number of amides is 1. The van der Waals surface area contributed by atoms with Crippen LogP contribution in [-0.2, 0) is 24.9 Å². The maximum absolute atomic E-state index is 13.0. The minimum absolute atomic E-state index is 0.0150. The van der Waals surface area contributed by atoms with Crippen LogP contribution in [0.25, 0.3) is 0 Å². The van der Waals surface area contributed by atoms with Crippen LogP contribution in [0.3, 0.4) is 0 Å². The van der Waals surface area contributed by atoms with Crippen molar-refractivity contribution in [3.05, 3.63) is 40.6 Å². The lowest BCUT2D eigenvalue weighted by Crippen LogP contribution is -2.49. The van der Waals surface area contributed by atoms with Gasteiger partial charge in [0.1, 0.15) is 17.1 Å². The standard InChI is InChI=1S/C23H27F3N4O2/c24-23(25,26)8-1-11-32-16-4-5-17-15(12-16)6-9-22(17)13-18-19(21(31)28-22)20(27)30(29-18)10-7-14-2-3-14/h4-5,12,14H,1-3,6-11,13,27H2,(H,28,31)/t22-/m0/s1. The molecule has 0 unspecified atom stereocenters. The van der Waals surface area contributed by atoms with Gasteiger partial charge in [0.25, 0.3) is 5.91 Å². The normalized spacial score (nSPS) is 22.0. The summed E-state index contributed by atoms with van der Waals surface area (Å²) in [5.41, 5.74) is 9.02. The molecule has 1 saturated carbocycles. The van der Waals surface area contributed by atoms with Gasteiger partial charge in [0, 0.05) is 19.4 Å². The van der Waals surface area contributed by atoms with Crippen molar-refractivity contribution >= 4 is 11.7 Å². The summed E-state index contributed by atoms with van der Waals surface area (Å²) in [5.74, 6) is 1.55. The van der Waals surface area contributed by atoms with Crippen molar-refractivity contribution in [3.63, 3.8) is 0 Å². The number of halogens is 3. The molecule has 2 heterocycles. The smallest absolute Gasteiger partial charge is 0.389 e.